The fourth-order valence-corrected chi connectivity index (χ4v) is 7.15. The van der Waals surface area contributed by atoms with Gasteiger partial charge < -0.3 is 20.4 Å². The van der Waals surface area contributed by atoms with E-state index in [2.05, 4.69) is 0 Å². The summed E-state index contributed by atoms with van der Waals surface area (Å²) < 4.78 is 15.1. The molecule has 0 aliphatic heterocycles. The molecule has 4 aliphatic carbocycles. The Hall–Kier alpha value is -1.08. The molecule has 27 heavy (non-hydrogen) atoms. The number of carbonyl (C=O) groups excluding carboxylic acids is 1. The first-order chi connectivity index (χ1) is 12.6. The second kappa shape index (κ2) is 5.96. The molecule has 150 valence electrons. The van der Waals surface area contributed by atoms with E-state index in [0.717, 1.165) is 12.8 Å². The average Bonchev–Trinajstić information content (AvgIpc) is 2.82. The Balaban J connectivity index is 1.82. The Morgan fingerprint density at radius 1 is 1.33 bits per heavy atom. The first-order valence-electron chi connectivity index (χ1n) is 9.89. The van der Waals surface area contributed by atoms with Gasteiger partial charge in [-0.05, 0) is 49.0 Å². The predicted molar refractivity (Wildman–Crippen MR) is 96.1 cm³/mol. The fraction of sp³-hybridized carbons (Fsp3) is 0.762. The number of rotatable bonds is 2. The molecule has 4 rings (SSSR count). The summed E-state index contributed by atoms with van der Waals surface area (Å²) in [4.78, 5) is 12.4. The third-order valence-electron chi connectivity index (χ3n) is 8.42. The van der Waals surface area contributed by atoms with Crippen LogP contribution in [0.5, 0.6) is 0 Å². The Morgan fingerprint density at radius 3 is 2.70 bits per heavy atom. The van der Waals surface area contributed by atoms with E-state index < -0.39 is 41.0 Å². The van der Waals surface area contributed by atoms with Crippen LogP contribution < -0.4 is 0 Å². The SMILES string of the molecule is C[C@]12CCC=CC1=C(F)C[C@@H]1[C@@H]2[C@@H](O)C[C@@]2(C)[C@H]1C[C@@H](O)[C@]2(O)C(=O)CO. The van der Waals surface area contributed by atoms with E-state index in [0.29, 0.717) is 5.57 Å². The summed E-state index contributed by atoms with van der Waals surface area (Å²) in [5.41, 5.74) is -3.05. The number of aliphatic hydroxyl groups is 4. The number of Topliss-reactive ketones (excluding diaryl/α,β-unsaturated/α-hetero) is 1. The highest BCUT2D eigenvalue weighted by Crippen LogP contribution is 2.67. The van der Waals surface area contributed by atoms with Crippen LogP contribution in [-0.4, -0.2) is 50.6 Å². The number of fused-ring (bicyclic) bond motifs is 5. The van der Waals surface area contributed by atoms with Gasteiger partial charge >= 0.3 is 0 Å². The van der Waals surface area contributed by atoms with Gasteiger partial charge in [-0.25, -0.2) is 4.39 Å². The molecule has 0 saturated heterocycles. The number of aliphatic hydroxyl groups excluding tert-OH is 3. The molecule has 0 spiro atoms. The molecule has 0 radical (unpaired) electrons. The number of carbonyl (C=O) groups is 1. The molecule has 4 N–H and O–H groups in total. The van der Waals surface area contributed by atoms with Crippen LogP contribution in [0, 0.1) is 28.6 Å². The van der Waals surface area contributed by atoms with Crippen molar-refractivity contribution >= 4 is 5.78 Å². The lowest BCUT2D eigenvalue weighted by Crippen LogP contribution is -2.63. The maximum atomic E-state index is 15.1. The van der Waals surface area contributed by atoms with E-state index in [1.807, 2.05) is 19.1 Å². The smallest absolute Gasteiger partial charge is 0.192 e. The molecule has 0 aromatic carbocycles. The number of hydrogen-bond acceptors (Lipinski definition) is 5. The third kappa shape index (κ3) is 2.21. The molecule has 8 atom stereocenters. The number of ketones is 1. The quantitative estimate of drug-likeness (QED) is 0.584. The Morgan fingerprint density at radius 2 is 2.04 bits per heavy atom. The zero-order valence-electron chi connectivity index (χ0n) is 15.9. The van der Waals surface area contributed by atoms with Gasteiger partial charge in [0.25, 0.3) is 0 Å². The second-order valence-corrected chi connectivity index (χ2v) is 9.47. The maximum absolute atomic E-state index is 15.1. The van der Waals surface area contributed by atoms with Crippen molar-refractivity contribution in [1.82, 2.24) is 0 Å². The van der Waals surface area contributed by atoms with Gasteiger partial charge in [-0.1, -0.05) is 26.0 Å². The van der Waals surface area contributed by atoms with E-state index in [1.165, 1.54) is 0 Å². The van der Waals surface area contributed by atoms with E-state index in [1.54, 1.807) is 6.92 Å². The van der Waals surface area contributed by atoms with Crippen molar-refractivity contribution in [3.8, 4) is 0 Å². The van der Waals surface area contributed by atoms with Gasteiger partial charge in [0.05, 0.1) is 12.2 Å². The first kappa shape index (κ1) is 19.2. The summed E-state index contributed by atoms with van der Waals surface area (Å²) in [6, 6.07) is 0. The van der Waals surface area contributed by atoms with Crippen molar-refractivity contribution in [2.45, 2.75) is 63.8 Å². The van der Waals surface area contributed by atoms with Crippen LogP contribution in [-0.2, 0) is 4.79 Å². The van der Waals surface area contributed by atoms with Gasteiger partial charge in [-0.2, -0.15) is 0 Å². The van der Waals surface area contributed by atoms with E-state index in [4.69, 9.17) is 0 Å². The molecule has 5 nitrogen and oxygen atoms in total. The van der Waals surface area contributed by atoms with Crippen LogP contribution in [0.3, 0.4) is 0 Å². The van der Waals surface area contributed by atoms with Crippen molar-refractivity contribution in [2.24, 2.45) is 28.6 Å². The molecule has 6 heteroatoms. The lowest BCUT2D eigenvalue weighted by atomic mass is 9.46. The topological polar surface area (TPSA) is 98.0 Å². The molecule has 4 aliphatic rings. The van der Waals surface area contributed by atoms with Gasteiger partial charge in [0.1, 0.15) is 12.4 Å². The number of allylic oxidation sites excluding steroid dienone is 4. The van der Waals surface area contributed by atoms with Crippen molar-refractivity contribution in [2.75, 3.05) is 6.61 Å². The molecule has 0 aromatic heterocycles. The lowest BCUT2D eigenvalue weighted by Gasteiger charge is -2.59. The normalized spacial score (nSPS) is 51.6. The third-order valence-corrected chi connectivity index (χ3v) is 8.42. The van der Waals surface area contributed by atoms with Crippen molar-refractivity contribution in [1.29, 1.82) is 0 Å². The van der Waals surface area contributed by atoms with Gasteiger partial charge in [0.15, 0.2) is 11.4 Å². The highest BCUT2D eigenvalue weighted by Gasteiger charge is 2.71. The molecule has 2 saturated carbocycles. The summed E-state index contributed by atoms with van der Waals surface area (Å²) in [5.74, 6) is -1.78. The van der Waals surface area contributed by atoms with Gasteiger partial charge in [-0.3, -0.25) is 4.79 Å². The van der Waals surface area contributed by atoms with Crippen LogP contribution in [0.15, 0.2) is 23.6 Å². The maximum Gasteiger partial charge on any atom is 0.192 e. The largest absolute Gasteiger partial charge is 0.393 e. The standard InChI is InChI=1S/C21H29FO5/c1-19-6-4-3-5-12(19)14(22)7-11-13-8-16(25)21(27,17(26)10-23)20(13,2)9-15(24)18(11)19/h3,5,11,13,15-16,18,23-25,27H,4,6-10H2,1-2H3/t11-,13-,15-,16+,18+,19-,20-,21-/m0/s1. The molecule has 0 bridgehead atoms. The predicted octanol–water partition coefficient (Wildman–Crippen LogP) is 1.65. The zero-order valence-corrected chi connectivity index (χ0v) is 15.9. The second-order valence-electron chi connectivity index (χ2n) is 9.47. The van der Waals surface area contributed by atoms with Crippen LogP contribution >= 0.6 is 0 Å². The molecule has 2 fully saturated rings. The summed E-state index contributed by atoms with van der Waals surface area (Å²) in [6.45, 7) is 2.83. The first-order valence-corrected chi connectivity index (χ1v) is 9.89. The van der Waals surface area contributed by atoms with Crippen molar-refractivity contribution < 1.29 is 29.6 Å². The van der Waals surface area contributed by atoms with Crippen LogP contribution in [0.2, 0.25) is 0 Å². The van der Waals surface area contributed by atoms with Gasteiger partial charge in [-0.15, -0.1) is 0 Å². The van der Waals surface area contributed by atoms with Crippen molar-refractivity contribution in [3.63, 3.8) is 0 Å². The average molecular weight is 380 g/mol. The van der Waals surface area contributed by atoms with Gasteiger partial charge in [0.2, 0.25) is 0 Å². The minimum atomic E-state index is -2.12. The van der Waals surface area contributed by atoms with Gasteiger partial charge in [0, 0.05) is 17.3 Å². The van der Waals surface area contributed by atoms with E-state index >= 15 is 4.39 Å². The summed E-state index contributed by atoms with van der Waals surface area (Å²) in [7, 11) is 0. The van der Waals surface area contributed by atoms with Crippen LogP contribution in [0.4, 0.5) is 4.39 Å². The minimum Gasteiger partial charge on any atom is -0.393 e. The van der Waals surface area contributed by atoms with Crippen LogP contribution in [0.1, 0.15) is 46.0 Å². The minimum absolute atomic E-state index is 0.145. The molecular formula is C21H29FO5. The lowest BCUT2D eigenvalue weighted by molar-refractivity contribution is -0.191. The number of hydrogen-bond donors (Lipinski definition) is 4. The zero-order chi connectivity index (χ0) is 19.8. The number of halogens is 1. The summed E-state index contributed by atoms with van der Waals surface area (Å²) in [6.07, 6.45) is 3.68. The Labute approximate surface area is 158 Å². The molecule has 0 aromatic rings. The highest BCUT2D eigenvalue weighted by molar-refractivity contribution is 5.90. The Bertz CT molecular complexity index is 732. The van der Waals surface area contributed by atoms with E-state index in [9.17, 15) is 25.2 Å². The monoisotopic (exact) mass is 380 g/mol. The van der Waals surface area contributed by atoms with Crippen LogP contribution in [0.25, 0.3) is 0 Å². The molecule has 0 amide bonds. The summed E-state index contributed by atoms with van der Waals surface area (Å²) >= 11 is 0. The molecule has 0 unspecified atom stereocenters. The van der Waals surface area contributed by atoms with E-state index in [-0.39, 0.29) is 42.8 Å². The highest BCUT2D eigenvalue weighted by atomic mass is 19.1. The van der Waals surface area contributed by atoms with Crippen molar-refractivity contribution in [3.05, 3.63) is 23.6 Å². The summed E-state index contributed by atoms with van der Waals surface area (Å²) in [5, 5.41) is 42.3. The fourth-order valence-electron chi connectivity index (χ4n) is 7.15. The Kier molecular flexibility index (Phi) is 4.25. The molecular weight excluding hydrogens is 351 g/mol. The molecule has 0 heterocycles.